The van der Waals surface area contributed by atoms with Crippen molar-refractivity contribution in [3.63, 3.8) is 0 Å². The number of amides is 1. The maximum Gasteiger partial charge on any atom is 0.238 e. The van der Waals surface area contributed by atoms with E-state index in [2.05, 4.69) is 30.5 Å². The normalized spacial score (nSPS) is 15.9. The first-order chi connectivity index (χ1) is 17.9. The third kappa shape index (κ3) is 6.76. The number of carbonyl (C=O) groups excluding carboxylic acids is 1. The van der Waals surface area contributed by atoms with Crippen molar-refractivity contribution in [2.45, 2.75) is 32.7 Å². The van der Waals surface area contributed by atoms with Gasteiger partial charge >= 0.3 is 0 Å². The first-order valence-electron chi connectivity index (χ1n) is 12.6. The number of rotatable bonds is 11. The molecule has 0 aliphatic carbocycles. The van der Waals surface area contributed by atoms with Crippen LogP contribution in [0.2, 0.25) is 0 Å². The molecule has 4 rings (SSSR count). The van der Waals surface area contributed by atoms with Crippen molar-refractivity contribution in [3.8, 4) is 0 Å². The second-order valence-corrected chi connectivity index (χ2v) is 11.9. The fourth-order valence-corrected chi connectivity index (χ4v) is 6.73. The second kappa shape index (κ2) is 12.6. The van der Waals surface area contributed by atoms with Gasteiger partial charge in [-0.15, -0.1) is 11.3 Å². The summed E-state index contributed by atoms with van der Waals surface area (Å²) in [6, 6.07) is 19.2. The Morgan fingerprint density at radius 3 is 2.62 bits per heavy atom. The van der Waals surface area contributed by atoms with Gasteiger partial charge in [-0.3, -0.25) is 4.79 Å². The zero-order valence-corrected chi connectivity index (χ0v) is 23.0. The average molecular weight is 539 g/mol. The molecule has 196 valence electrons. The molecule has 0 bridgehead atoms. The maximum absolute atomic E-state index is 13.8. The van der Waals surface area contributed by atoms with Gasteiger partial charge in [-0.1, -0.05) is 54.6 Å². The quantitative estimate of drug-likeness (QED) is 0.313. The molecule has 8 heteroatoms. The molecule has 0 saturated heterocycles. The fraction of sp³-hybridized carbons (Fsp3) is 0.345. The van der Waals surface area contributed by atoms with E-state index in [4.69, 9.17) is 4.74 Å². The van der Waals surface area contributed by atoms with Crippen LogP contribution >= 0.6 is 11.3 Å². The average Bonchev–Trinajstić information content (AvgIpc) is 3.39. The number of fused-ring (bicyclic) bond motifs is 1. The van der Waals surface area contributed by atoms with Crippen LogP contribution in [0.5, 0.6) is 0 Å². The van der Waals surface area contributed by atoms with Gasteiger partial charge in [0.25, 0.3) is 0 Å². The molecule has 2 aromatic carbocycles. The number of hydrogen-bond donors (Lipinski definition) is 0. The molecule has 1 amide bonds. The van der Waals surface area contributed by atoms with Crippen LogP contribution in [0.1, 0.15) is 46.5 Å². The number of nitrogens with zero attached hydrogens (tertiary/aromatic N) is 2. The van der Waals surface area contributed by atoms with E-state index in [9.17, 15) is 13.2 Å². The SMILES string of the molecule is CCOCCCN(CC(=O)N1CCc2sccc2C1c1ccccc1C)S(=O)(=O)C=Cc1ccccc1. The summed E-state index contributed by atoms with van der Waals surface area (Å²) in [6.07, 6.45) is 2.85. The molecule has 3 aromatic rings. The van der Waals surface area contributed by atoms with Crippen molar-refractivity contribution in [3.05, 3.63) is 98.6 Å². The van der Waals surface area contributed by atoms with Crippen LogP contribution in [0.4, 0.5) is 0 Å². The van der Waals surface area contributed by atoms with Gasteiger partial charge in [0.15, 0.2) is 0 Å². The number of benzene rings is 2. The van der Waals surface area contributed by atoms with Gasteiger partial charge in [0.1, 0.15) is 0 Å². The van der Waals surface area contributed by atoms with Crippen LogP contribution in [-0.4, -0.2) is 56.4 Å². The third-order valence-corrected chi connectivity index (χ3v) is 9.08. The summed E-state index contributed by atoms with van der Waals surface area (Å²) in [6.45, 7) is 5.51. The molecule has 0 saturated carbocycles. The van der Waals surface area contributed by atoms with Gasteiger partial charge in [-0.25, -0.2) is 8.42 Å². The van der Waals surface area contributed by atoms with Crippen LogP contribution in [-0.2, 0) is 26.0 Å². The molecule has 1 unspecified atom stereocenters. The highest BCUT2D eigenvalue weighted by atomic mass is 32.2. The van der Waals surface area contributed by atoms with E-state index >= 15 is 0 Å². The van der Waals surface area contributed by atoms with E-state index in [-0.39, 0.29) is 25.0 Å². The van der Waals surface area contributed by atoms with E-state index in [0.29, 0.717) is 26.2 Å². The smallest absolute Gasteiger partial charge is 0.238 e. The monoisotopic (exact) mass is 538 g/mol. The van der Waals surface area contributed by atoms with Gasteiger partial charge in [0, 0.05) is 36.6 Å². The molecule has 1 aromatic heterocycles. The zero-order valence-electron chi connectivity index (χ0n) is 21.4. The predicted molar refractivity (Wildman–Crippen MR) is 150 cm³/mol. The number of thiophene rings is 1. The molecule has 1 atom stereocenters. The summed E-state index contributed by atoms with van der Waals surface area (Å²) < 4.78 is 33.5. The maximum atomic E-state index is 13.8. The van der Waals surface area contributed by atoms with Crippen LogP contribution in [0.25, 0.3) is 6.08 Å². The Labute approximate surface area is 224 Å². The number of ether oxygens (including phenoxy) is 1. The highest BCUT2D eigenvalue weighted by molar-refractivity contribution is 7.92. The summed E-state index contributed by atoms with van der Waals surface area (Å²) in [4.78, 5) is 16.9. The van der Waals surface area contributed by atoms with E-state index < -0.39 is 10.0 Å². The largest absolute Gasteiger partial charge is 0.382 e. The molecule has 0 N–H and O–H groups in total. The van der Waals surface area contributed by atoms with Gasteiger partial charge in [0.05, 0.1) is 12.6 Å². The highest BCUT2D eigenvalue weighted by Gasteiger charge is 2.35. The highest BCUT2D eigenvalue weighted by Crippen LogP contribution is 2.39. The Morgan fingerprint density at radius 2 is 1.86 bits per heavy atom. The first kappa shape index (κ1) is 27.3. The van der Waals surface area contributed by atoms with Crippen molar-refractivity contribution in [1.29, 1.82) is 0 Å². The summed E-state index contributed by atoms with van der Waals surface area (Å²) in [5.41, 5.74) is 4.10. The van der Waals surface area contributed by atoms with E-state index in [1.54, 1.807) is 17.4 Å². The molecule has 37 heavy (non-hydrogen) atoms. The molecular formula is C29H34N2O4S2. The van der Waals surface area contributed by atoms with Crippen LogP contribution in [0.3, 0.4) is 0 Å². The Bertz CT molecular complexity index is 1320. The standard InChI is InChI=1S/C29H34N2O4S2/c1-3-35-19-9-17-30(37(33,34)21-16-24-11-5-4-6-12-24)22-28(32)31-18-14-27-26(15-20-36-27)29(31)25-13-8-7-10-23(25)2/h4-8,10-13,15-16,20-21,29H,3,9,14,17-19,22H2,1-2H3. The molecule has 2 heterocycles. The lowest BCUT2D eigenvalue weighted by molar-refractivity contribution is -0.133. The van der Waals surface area contributed by atoms with Gasteiger partial charge in [-0.05, 0) is 66.5 Å². The van der Waals surface area contributed by atoms with E-state index in [0.717, 1.165) is 28.7 Å². The van der Waals surface area contributed by atoms with Crippen molar-refractivity contribution in [2.75, 3.05) is 32.8 Å². The van der Waals surface area contributed by atoms with E-state index in [1.165, 1.54) is 14.6 Å². The molecular weight excluding hydrogens is 504 g/mol. The topological polar surface area (TPSA) is 66.9 Å². The van der Waals surface area contributed by atoms with E-state index in [1.807, 2.05) is 54.3 Å². The van der Waals surface area contributed by atoms with Gasteiger partial charge < -0.3 is 9.64 Å². The Morgan fingerprint density at radius 1 is 1.11 bits per heavy atom. The van der Waals surface area contributed by atoms with Crippen molar-refractivity contribution in [2.24, 2.45) is 0 Å². The lowest BCUT2D eigenvalue weighted by atomic mass is 9.90. The van der Waals surface area contributed by atoms with Crippen molar-refractivity contribution < 1.29 is 17.9 Å². The number of aryl methyl sites for hydroxylation is 1. The second-order valence-electron chi connectivity index (χ2n) is 9.04. The predicted octanol–water partition coefficient (Wildman–Crippen LogP) is 5.26. The lowest BCUT2D eigenvalue weighted by Gasteiger charge is -2.38. The Kier molecular flexibility index (Phi) is 9.32. The molecule has 6 nitrogen and oxygen atoms in total. The number of hydrogen-bond acceptors (Lipinski definition) is 5. The molecule has 0 radical (unpaired) electrons. The minimum Gasteiger partial charge on any atom is -0.382 e. The van der Waals surface area contributed by atoms with Gasteiger partial charge in [0.2, 0.25) is 15.9 Å². The van der Waals surface area contributed by atoms with Crippen molar-refractivity contribution in [1.82, 2.24) is 9.21 Å². The molecule has 1 aliphatic heterocycles. The van der Waals surface area contributed by atoms with Crippen molar-refractivity contribution >= 4 is 33.3 Å². The summed E-state index contributed by atoms with van der Waals surface area (Å²) >= 11 is 1.71. The summed E-state index contributed by atoms with van der Waals surface area (Å²) in [7, 11) is -3.83. The Balaban J connectivity index is 1.60. The minimum atomic E-state index is -3.83. The lowest BCUT2D eigenvalue weighted by Crippen LogP contribution is -2.46. The fourth-order valence-electron chi connectivity index (χ4n) is 4.65. The number of sulfonamides is 1. The zero-order chi connectivity index (χ0) is 26.3. The minimum absolute atomic E-state index is 0.196. The molecule has 1 aliphatic rings. The third-order valence-electron chi connectivity index (χ3n) is 6.57. The van der Waals surface area contributed by atoms with Crippen LogP contribution in [0, 0.1) is 6.92 Å². The van der Waals surface area contributed by atoms with Gasteiger partial charge in [-0.2, -0.15) is 4.31 Å². The summed E-state index contributed by atoms with van der Waals surface area (Å²) in [5.74, 6) is -0.196. The Hall–Kier alpha value is -2.78. The number of carbonyl (C=O) groups is 1. The summed E-state index contributed by atoms with van der Waals surface area (Å²) in [5, 5.41) is 3.27. The van der Waals surface area contributed by atoms with Crippen LogP contribution in [0.15, 0.2) is 71.5 Å². The van der Waals surface area contributed by atoms with Crippen LogP contribution < -0.4 is 0 Å². The first-order valence-corrected chi connectivity index (χ1v) is 15.0. The molecule has 0 fully saturated rings. The molecule has 0 spiro atoms.